The van der Waals surface area contributed by atoms with Crippen molar-refractivity contribution in [1.29, 1.82) is 0 Å². The topological polar surface area (TPSA) is 18.5 Å². The van der Waals surface area contributed by atoms with Gasteiger partial charge in [0.05, 0.1) is 10.9 Å². The Balaban J connectivity index is 2.35. The highest BCUT2D eigenvalue weighted by Crippen LogP contribution is 2.42. The zero-order chi connectivity index (χ0) is 20.9. The summed E-state index contributed by atoms with van der Waals surface area (Å²) in [5.74, 6) is 1.35. The molecule has 1 aromatic carbocycles. The SMILES string of the molecule is C=C(OC(C)(C)C)C(Br)c1cc(F)ccc1C(CCC)C(CC1CCC1)OC. The lowest BCUT2D eigenvalue weighted by Crippen LogP contribution is -2.28. The molecule has 0 aliphatic heterocycles. The van der Waals surface area contributed by atoms with Gasteiger partial charge in [-0.2, -0.15) is 0 Å². The second kappa shape index (κ2) is 10.2. The molecule has 0 bridgehead atoms. The number of rotatable bonds is 10. The highest BCUT2D eigenvalue weighted by Gasteiger charge is 2.32. The first-order chi connectivity index (χ1) is 13.2. The van der Waals surface area contributed by atoms with Crippen molar-refractivity contribution in [2.24, 2.45) is 5.92 Å². The van der Waals surface area contributed by atoms with Gasteiger partial charge in [-0.05, 0) is 62.8 Å². The Kier molecular flexibility index (Phi) is 8.57. The van der Waals surface area contributed by atoms with Crippen molar-refractivity contribution in [2.45, 2.75) is 88.7 Å². The molecule has 0 radical (unpaired) electrons. The van der Waals surface area contributed by atoms with Crippen LogP contribution in [0.3, 0.4) is 0 Å². The van der Waals surface area contributed by atoms with E-state index in [0.717, 1.165) is 36.3 Å². The highest BCUT2D eigenvalue weighted by atomic mass is 79.9. The zero-order valence-corrected chi connectivity index (χ0v) is 19.6. The summed E-state index contributed by atoms with van der Waals surface area (Å²) in [7, 11) is 1.81. The molecule has 1 aliphatic carbocycles. The van der Waals surface area contributed by atoms with Crippen LogP contribution in [0.25, 0.3) is 0 Å². The standard InChI is InChI=1S/C24H36BrFO2/c1-7-9-20(22(27-6)14-17-10-8-11-17)19-13-12-18(26)15-21(19)23(25)16(2)28-24(3,4)5/h12-13,15,17,20,22-23H,2,7-11,14H2,1,3-6H3. The fourth-order valence-electron chi connectivity index (χ4n) is 4.06. The van der Waals surface area contributed by atoms with E-state index in [1.165, 1.54) is 19.3 Å². The lowest BCUT2D eigenvalue weighted by Gasteiger charge is -2.35. The van der Waals surface area contributed by atoms with E-state index in [1.54, 1.807) is 12.1 Å². The van der Waals surface area contributed by atoms with Crippen LogP contribution >= 0.6 is 15.9 Å². The molecule has 1 aromatic rings. The van der Waals surface area contributed by atoms with Gasteiger partial charge in [-0.1, -0.05) is 61.2 Å². The van der Waals surface area contributed by atoms with Gasteiger partial charge in [-0.15, -0.1) is 0 Å². The van der Waals surface area contributed by atoms with Gasteiger partial charge in [0.2, 0.25) is 0 Å². The van der Waals surface area contributed by atoms with Crippen molar-refractivity contribution in [2.75, 3.05) is 7.11 Å². The van der Waals surface area contributed by atoms with Crippen LogP contribution in [-0.4, -0.2) is 18.8 Å². The second-order valence-electron chi connectivity index (χ2n) is 9.02. The van der Waals surface area contributed by atoms with Crippen LogP contribution in [0.4, 0.5) is 4.39 Å². The average molecular weight is 455 g/mol. The summed E-state index contributed by atoms with van der Waals surface area (Å²) in [5, 5.41) is 0. The van der Waals surface area contributed by atoms with E-state index >= 15 is 0 Å². The molecule has 3 atom stereocenters. The van der Waals surface area contributed by atoms with Crippen molar-refractivity contribution in [3.05, 3.63) is 47.5 Å². The third kappa shape index (κ3) is 6.32. The number of allylic oxidation sites excluding steroid dienone is 1. The Hall–Kier alpha value is -0.870. The van der Waals surface area contributed by atoms with Crippen molar-refractivity contribution in [3.8, 4) is 0 Å². The first kappa shape index (κ1) is 23.4. The van der Waals surface area contributed by atoms with Gasteiger partial charge in [-0.25, -0.2) is 4.39 Å². The molecule has 0 N–H and O–H groups in total. The maximum absolute atomic E-state index is 14.2. The predicted molar refractivity (Wildman–Crippen MR) is 118 cm³/mol. The zero-order valence-electron chi connectivity index (χ0n) is 18.1. The summed E-state index contributed by atoms with van der Waals surface area (Å²) in [4.78, 5) is -0.266. The first-order valence-corrected chi connectivity index (χ1v) is 11.4. The number of halogens is 2. The van der Waals surface area contributed by atoms with E-state index in [2.05, 4.69) is 29.4 Å². The first-order valence-electron chi connectivity index (χ1n) is 10.5. The number of benzene rings is 1. The summed E-state index contributed by atoms with van der Waals surface area (Å²) >= 11 is 3.72. The van der Waals surface area contributed by atoms with Crippen molar-refractivity contribution < 1.29 is 13.9 Å². The molecule has 0 saturated heterocycles. The largest absolute Gasteiger partial charge is 0.492 e. The molecular weight excluding hydrogens is 419 g/mol. The van der Waals surface area contributed by atoms with Gasteiger partial charge in [0.15, 0.2) is 0 Å². The number of hydrogen-bond acceptors (Lipinski definition) is 2. The molecule has 1 saturated carbocycles. The van der Waals surface area contributed by atoms with Crippen LogP contribution in [0.1, 0.15) is 88.1 Å². The van der Waals surface area contributed by atoms with Crippen LogP contribution in [-0.2, 0) is 9.47 Å². The molecule has 0 spiro atoms. The summed E-state index contributed by atoms with van der Waals surface area (Å²) < 4.78 is 26.1. The van der Waals surface area contributed by atoms with E-state index in [1.807, 2.05) is 33.9 Å². The summed E-state index contributed by atoms with van der Waals surface area (Å²) in [6, 6.07) is 5.10. The van der Waals surface area contributed by atoms with Crippen molar-refractivity contribution in [3.63, 3.8) is 0 Å². The minimum absolute atomic E-state index is 0.144. The minimum Gasteiger partial charge on any atom is -0.492 e. The average Bonchev–Trinajstić information content (AvgIpc) is 2.57. The summed E-state index contributed by atoms with van der Waals surface area (Å²) in [6.07, 6.45) is 7.21. The lowest BCUT2D eigenvalue weighted by atomic mass is 9.76. The van der Waals surface area contributed by atoms with E-state index in [9.17, 15) is 4.39 Å². The van der Waals surface area contributed by atoms with Crippen molar-refractivity contribution >= 4 is 15.9 Å². The molecule has 2 nitrogen and oxygen atoms in total. The molecule has 0 aromatic heterocycles. The Morgan fingerprint density at radius 1 is 1.29 bits per heavy atom. The van der Waals surface area contributed by atoms with E-state index in [4.69, 9.17) is 9.47 Å². The normalized spacial score (nSPS) is 18.2. The molecular formula is C24H36BrFO2. The van der Waals surface area contributed by atoms with E-state index in [-0.39, 0.29) is 28.3 Å². The van der Waals surface area contributed by atoms with Gasteiger partial charge >= 0.3 is 0 Å². The predicted octanol–water partition coefficient (Wildman–Crippen LogP) is 7.68. The second-order valence-corrected chi connectivity index (χ2v) is 9.93. The van der Waals surface area contributed by atoms with Crippen LogP contribution in [0.2, 0.25) is 0 Å². The van der Waals surface area contributed by atoms with Gasteiger partial charge < -0.3 is 9.47 Å². The van der Waals surface area contributed by atoms with Crippen LogP contribution in [0, 0.1) is 11.7 Å². The summed E-state index contributed by atoms with van der Waals surface area (Å²) in [5.41, 5.74) is 1.68. The van der Waals surface area contributed by atoms with E-state index < -0.39 is 0 Å². The third-order valence-electron chi connectivity index (χ3n) is 5.58. The van der Waals surface area contributed by atoms with E-state index in [0.29, 0.717) is 5.76 Å². The molecule has 1 aliphatic rings. The number of alkyl halides is 1. The Labute approximate surface area is 179 Å². The minimum atomic E-state index is -0.349. The molecule has 1 fully saturated rings. The summed E-state index contributed by atoms with van der Waals surface area (Å²) in [6.45, 7) is 12.3. The Morgan fingerprint density at radius 2 is 1.96 bits per heavy atom. The van der Waals surface area contributed by atoms with Gasteiger partial charge in [-0.3, -0.25) is 0 Å². The Morgan fingerprint density at radius 3 is 2.46 bits per heavy atom. The van der Waals surface area contributed by atoms with Crippen LogP contribution < -0.4 is 0 Å². The number of methoxy groups -OCH3 is 1. The number of hydrogen-bond donors (Lipinski definition) is 0. The maximum Gasteiger partial charge on any atom is 0.123 e. The highest BCUT2D eigenvalue weighted by molar-refractivity contribution is 9.09. The maximum atomic E-state index is 14.2. The van der Waals surface area contributed by atoms with Gasteiger partial charge in [0.1, 0.15) is 17.2 Å². The fourth-order valence-corrected chi connectivity index (χ4v) is 4.55. The fraction of sp³-hybridized carbons (Fsp3) is 0.667. The molecule has 0 amide bonds. The molecule has 28 heavy (non-hydrogen) atoms. The third-order valence-corrected chi connectivity index (χ3v) is 6.59. The smallest absolute Gasteiger partial charge is 0.123 e. The monoisotopic (exact) mass is 454 g/mol. The molecule has 2 rings (SSSR count). The number of ether oxygens (including phenoxy) is 2. The molecule has 158 valence electrons. The Bertz CT molecular complexity index is 648. The van der Waals surface area contributed by atoms with Gasteiger partial charge in [0, 0.05) is 13.0 Å². The van der Waals surface area contributed by atoms with Crippen molar-refractivity contribution in [1.82, 2.24) is 0 Å². The van der Waals surface area contributed by atoms with Gasteiger partial charge in [0.25, 0.3) is 0 Å². The molecule has 0 heterocycles. The quantitative estimate of drug-likeness (QED) is 0.266. The van der Waals surface area contributed by atoms with Crippen LogP contribution in [0.5, 0.6) is 0 Å². The van der Waals surface area contributed by atoms with Crippen LogP contribution in [0.15, 0.2) is 30.5 Å². The molecule has 4 heteroatoms. The molecule has 3 unspecified atom stereocenters. The lowest BCUT2D eigenvalue weighted by molar-refractivity contribution is 0.0414.